The lowest BCUT2D eigenvalue weighted by Gasteiger charge is -2.35. The van der Waals surface area contributed by atoms with Crippen molar-refractivity contribution in [2.75, 3.05) is 33.3 Å². The Hall–Kier alpha value is 0.400. The highest BCUT2D eigenvalue weighted by Gasteiger charge is 2.19. The van der Waals surface area contributed by atoms with Crippen LogP contribution < -0.4 is 17.0 Å². The summed E-state index contributed by atoms with van der Waals surface area (Å²) in [6.07, 6.45) is 18.9. The summed E-state index contributed by atoms with van der Waals surface area (Å²) in [5, 5.41) is 9.05. The zero-order valence-electron chi connectivity index (χ0n) is 17.0. The van der Waals surface area contributed by atoms with Crippen LogP contribution in [-0.2, 0) is 0 Å². The highest BCUT2D eigenvalue weighted by atomic mass is 79.9. The Kier molecular flexibility index (Phi) is 21.9. The van der Waals surface area contributed by atoms with Crippen molar-refractivity contribution in [3.8, 4) is 0 Å². The van der Waals surface area contributed by atoms with Crippen LogP contribution in [0.25, 0.3) is 0 Å². The normalized spacial score (nSPS) is 11.5. The molecule has 0 aliphatic rings. The van der Waals surface area contributed by atoms with E-state index in [0.717, 1.165) is 6.42 Å². The maximum absolute atomic E-state index is 9.05. The number of hydrogen-bond acceptors (Lipinski definition) is 1. The van der Waals surface area contributed by atoms with Gasteiger partial charge in [0.2, 0.25) is 0 Å². The van der Waals surface area contributed by atoms with Gasteiger partial charge in [-0.2, -0.15) is 0 Å². The van der Waals surface area contributed by atoms with Crippen LogP contribution in [0.4, 0.5) is 0 Å². The average Bonchev–Trinajstić information content (AvgIpc) is 2.54. The predicted octanol–water partition coefficient (Wildman–Crippen LogP) is 2.93. The van der Waals surface area contributed by atoms with Gasteiger partial charge in [-0.3, -0.25) is 0 Å². The Balaban J connectivity index is 0. The first-order valence-corrected chi connectivity index (χ1v) is 10.6. The molecule has 0 aliphatic heterocycles. The summed E-state index contributed by atoms with van der Waals surface area (Å²) in [4.78, 5) is 0. The molecule has 0 atom stereocenters. The molecule has 0 rings (SSSR count). The van der Waals surface area contributed by atoms with Crippen LogP contribution in [0.5, 0.6) is 0 Å². The standard InChI is InChI=1S/C21H46NO.BrH/c1-4-6-8-10-12-14-18-22(3,20-16-17-21-23)19-15-13-11-9-7-5-2;/h23H,4-21H2,1-3H3;1H/q+1;/p-1. The van der Waals surface area contributed by atoms with E-state index in [1.165, 1.54) is 108 Å². The Labute approximate surface area is 163 Å². The summed E-state index contributed by atoms with van der Waals surface area (Å²) >= 11 is 0. The molecule has 3 heteroatoms. The summed E-state index contributed by atoms with van der Waals surface area (Å²) in [6, 6.07) is 0. The zero-order valence-corrected chi connectivity index (χ0v) is 18.6. The summed E-state index contributed by atoms with van der Waals surface area (Å²) < 4.78 is 1.24. The molecule has 0 fully saturated rings. The third kappa shape index (κ3) is 17.2. The molecule has 0 spiro atoms. The number of aliphatic hydroxyl groups is 1. The van der Waals surface area contributed by atoms with E-state index in [0.29, 0.717) is 6.61 Å². The summed E-state index contributed by atoms with van der Waals surface area (Å²) in [5.41, 5.74) is 0. The maximum Gasteiger partial charge on any atom is 0.0785 e. The number of nitrogens with zero attached hydrogens (tertiary/aromatic N) is 1. The summed E-state index contributed by atoms with van der Waals surface area (Å²) in [7, 11) is 2.45. The Morgan fingerprint density at radius 3 is 1.25 bits per heavy atom. The quantitative estimate of drug-likeness (QED) is 0.273. The van der Waals surface area contributed by atoms with Crippen molar-refractivity contribution in [3.63, 3.8) is 0 Å². The molecule has 0 aromatic heterocycles. The van der Waals surface area contributed by atoms with Gasteiger partial charge in [0.25, 0.3) is 0 Å². The van der Waals surface area contributed by atoms with Crippen LogP contribution in [0.15, 0.2) is 0 Å². The van der Waals surface area contributed by atoms with Gasteiger partial charge in [-0.15, -0.1) is 0 Å². The van der Waals surface area contributed by atoms with Crippen molar-refractivity contribution in [2.45, 2.75) is 104 Å². The van der Waals surface area contributed by atoms with Crippen LogP contribution in [0.3, 0.4) is 0 Å². The van der Waals surface area contributed by atoms with Gasteiger partial charge in [0.1, 0.15) is 0 Å². The van der Waals surface area contributed by atoms with E-state index in [2.05, 4.69) is 20.9 Å². The Morgan fingerprint density at radius 2 is 0.875 bits per heavy atom. The molecule has 0 amide bonds. The molecule has 24 heavy (non-hydrogen) atoms. The summed E-state index contributed by atoms with van der Waals surface area (Å²) in [5.74, 6) is 0. The molecule has 0 aromatic rings. The summed E-state index contributed by atoms with van der Waals surface area (Å²) in [6.45, 7) is 8.86. The first-order valence-electron chi connectivity index (χ1n) is 10.6. The first-order chi connectivity index (χ1) is 11.2. The van der Waals surface area contributed by atoms with Crippen molar-refractivity contribution in [1.82, 2.24) is 0 Å². The van der Waals surface area contributed by atoms with Crippen molar-refractivity contribution >= 4 is 0 Å². The molecule has 1 N–H and O–H groups in total. The fraction of sp³-hybridized carbons (Fsp3) is 1.00. The molecule has 0 bridgehead atoms. The van der Waals surface area contributed by atoms with E-state index < -0.39 is 0 Å². The molecular formula is C21H46BrNO. The number of hydrogen-bond donors (Lipinski definition) is 1. The highest BCUT2D eigenvalue weighted by Crippen LogP contribution is 2.15. The molecule has 0 aliphatic carbocycles. The van der Waals surface area contributed by atoms with E-state index in [4.69, 9.17) is 5.11 Å². The van der Waals surface area contributed by atoms with Gasteiger partial charge in [0.15, 0.2) is 0 Å². The number of aliphatic hydroxyl groups excluding tert-OH is 1. The topological polar surface area (TPSA) is 20.2 Å². The number of rotatable bonds is 18. The minimum Gasteiger partial charge on any atom is -1.00 e. The molecule has 2 nitrogen and oxygen atoms in total. The van der Waals surface area contributed by atoms with E-state index >= 15 is 0 Å². The third-order valence-corrected chi connectivity index (χ3v) is 5.21. The minimum absolute atomic E-state index is 0. The third-order valence-electron chi connectivity index (χ3n) is 5.21. The SMILES string of the molecule is CCCCCCCC[N+](C)(CCCCO)CCCCCCCC.[Br-]. The van der Waals surface area contributed by atoms with E-state index in [-0.39, 0.29) is 17.0 Å². The monoisotopic (exact) mass is 407 g/mol. The molecule has 0 radical (unpaired) electrons. The van der Waals surface area contributed by atoms with Gasteiger partial charge in [-0.25, -0.2) is 0 Å². The Bertz CT molecular complexity index is 220. The molecule has 0 saturated carbocycles. The van der Waals surface area contributed by atoms with Gasteiger partial charge in [-0.05, 0) is 38.5 Å². The molecule has 0 aromatic carbocycles. The number of unbranched alkanes of at least 4 members (excludes halogenated alkanes) is 11. The zero-order chi connectivity index (χ0) is 17.2. The first kappa shape index (κ1) is 26.6. The van der Waals surface area contributed by atoms with E-state index in [9.17, 15) is 0 Å². The van der Waals surface area contributed by atoms with Gasteiger partial charge in [0.05, 0.1) is 26.7 Å². The van der Waals surface area contributed by atoms with Crippen molar-refractivity contribution in [3.05, 3.63) is 0 Å². The maximum atomic E-state index is 9.05. The molecule has 0 unspecified atom stereocenters. The lowest BCUT2D eigenvalue weighted by Crippen LogP contribution is -3.00. The van der Waals surface area contributed by atoms with Crippen molar-refractivity contribution < 1.29 is 26.6 Å². The number of halogens is 1. The van der Waals surface area contributed by atoms with E-state index in [1.54, 1.807) is 0 Å². The highest BCUT2D eigenvalue weighted by molar-refractivity contribution is 4.50. The van der Waals surface area contributed by atoms with Crippen LogP contribution in [0.2, 0.25) is 0 Å². The van der Waals surface area contributed by atoms with Crippen LogP contribution >= 0.6 is 0 Å². The molecule has 0 saturated heterocycles. The van der Waals surface area contributed by atoms with Crippen LogP contribution in [0.1, 0.15) is 104 Å². The average molecular weight is 409 g/mol. The van der Waals surface area contributed by atoms with Crippen LogP contribution in [-0.4, -0.2) is 42.9 Å². The smallest absolute Gasteiger partial charge is 0.0785 e. The fourth-order valence-corrected chi connectivity index (χ4v) is 3.49. The van der Waals surface area contributed by atoms with Crippen LogP contribution in [0, 0.1) is 0 Å². The number of quaternary nitrogens is 1. The van der Waals surface area contributed by atoms with Gasteiger partial charge < -0.3 is 26.6 Å². The molecule has 148 valence electrons. The second kappa shape index (κ2) is 19.7. The molecular weight excluding hydrogens is 362 g/mol. The molecule has 0 heterocycles. The van der Waals surface area contributed by atoms with Crippen molar-refractivity contribution in [2.24, 2.45) is 0 Å². The second-order valence-corrected chi connectivity index (χ2v) is 7.76. The van der Waals surface area contributed by atoms with Gasteiger partial charge in [0, 0.05) is 6.61 Å². The van der Waals surface area contributed by atoms with E-state index in [1.807, 2.05) is 0 Å². The second-order valence-electron chi connectivity index (χ2n) is 7.76. The van der Waals surface area contributed by atoms with Crippen molar-refractivity contribution in [1.29, 1.82) is 0 Å². The van der Waals surface area contributed by atoms with Gasteiger partial charge in [-0.1, -0.05) is 65.2 Å². The predicted molar refractivity (Wildman–Crippen MR) is 104 cm³/mol. The lowest BCUT2D eigenvalue weighted by molar-refractivity contribution is -0.910. The lowest BCUT2D eigenvalue weighted by atomic mass is 10.1. The van der Waals surface area contributed by atoms with Gasteiger partial charge >= 0.3 is 0 Å². The minimum atomic E-state index is 0. The largest absolute Gasteiger partial charge is 1.00 e. The fourth-order valence-electron chi connectivity index (χ4n) is 3.49. The Morgan fingerprint density at radius 1 is 0.542 bits per heavy atom.